The van der Waals surface area contributed by atoms with Crippen LogP contribution in [0.2, 0.25) is 0 Å². The van der Waals surface area contributed by atoms with E-state index >= 15 is 0 Å². The molecule has 7 heteroatoms. The molecule has 0 radical (unpaired) electrons. The van der Waals surface area contributed by atoms with Crippen molar-refractivity contribution in [2.24, 2.45) is 0 Å². The van der Waals surface area contributed by atoms with Crippen LogP contribution in [0.4, 0.5) is 0 Å². The van der Waals surface area contributed by atoms with Crippen LogP contribution < -0.4 is 5.32 Å². The summed E-state index contributed by atoms with van der Waals surface area (Å²) in [5, 5.41) is 12.9. The van der Waals surface area contributed by atoms with E-state index in [-0.39, 0.29) is 22.6 Å². The molecule has 2 N–H and O–H groups in total. The maximum absolute atomic E-state index is 11.1. The van der Waals surface area contributed by atoms with Gasteiger partial charge in [0.2, 0.25) is 5.91 Å². The van der Waals surface area contributed by atoms with Crippen LogP contribution >= 0.6 is 11.8 Å². The number of methoxy groups -OCH3 is 2. The van der Waals surface area contributed by atoms with Gasteiger partial charge in [0.1, 0.15) is 11.5 Å². The van der Waals surface area contributed by atoms with Crippen molar-refractivity contribution in [2.75, 3.05) is 27.5 Å². The Hall–Kier alpha value is -0.760. The van der Waals surface area contributed by atoms with Gasteiger partial charge in [0.05, 0.1) is 24.6 Å². The van der Waals surface area contributed by atoms with Crippen LogP contribution in [0.15, 0.2) is 12.3 Å². The van der Waals surface area contributed by atoms with Crippen LogP contribution in [0.3, 0.4) is 0 Å². The zero-order valence-electron chi connectivity index (χ0n) is 10.4. The number of ether oxygens (including phenoxy) is 2. The fourth-order valence-electron chi connectivity index (χ4n) is 2.20. The number of hydrogen-bond donors (Lipinski definition) is 2. The molecule has 2 rings (SSSR count). The highest BCUT2D eigenvalue weighted by Crippen LogP contribution is 2.38. The summed E-state index contributed by atoms with van der Waals surface area (Å²) in [5.41, 5.74) is 0. The Morgan fingerprint density at radius 2 is 2.39 bits per heavy atom. The molecule has 2 heterocycles. The van der Waals surface area contributed by atoms with Gasteiger partial charge in [0, 0.05) is 26.5 Å². The zero-order valence-corrected chi connectivity index (χ0v) is 11.2. The standard InChI is InChI=1S/C11H18N2O4S/c1-16-5-7-10(17-2)9(15)11(18-7)13-4-3-8(14)12-6-13/h3-4,7,9-11,15H,5-6H2,1-2H3,(H,12,14)/t7-,9+,10+,11-/m1/s1. The summed E-state index contributed by atoms with van der Waals surface area (Å²) in [6, 6.07) is 0. The van der Waals surface area contributed by atoms with Gasteiger partial charge in [-0.05, 0) is 0 Å². The lowest BCUT2D eigenvalue weighted by Gasteiger charge is -2.31. The fraction of sp³-hybridized carbons (Fsp3) is 0.727. The Morgan fingerprint density at radius 3 is 2.94 bits per heavy atom. The van der Waals surface area contributed by atoms with Crippen LogP contribution in [0, 0.1) is 0 Å². The molecule has 0 bridgehead atoms. The number of nitrogens with one attached hydrogen (secondary N) is 1. The Morgan fingerprint density at radius 1 is 1.61 bits per heavy atom. The number of thioether (sulfide) groups is 1. The normalized spacial score (nSPS) is 35.9. The van der Waals surface area contributed by atoms with E-state index in [2.05, 4.69) is 5.32 Å². The zero-order chi connectivity index (χ0) is 13.1. The molecule has 4 atom stereocenters. The maximum Gasteiger partial charge on any atom is 0.246 e. The number of rotatable bonds is 4. The van der Waals surface area contributed by atoms with E-state index in [4.69, 9.17) is 9.47 Å². The van der Waals surface area contributed by atoms with Crippen molar-refractivity contribution in [1.29, 1.82) is 0 Å². The summed E-state index contributed by atoms with van der Waals surface area (Å²) in [6.45, 7) is 0.931. The van der Waals surface area contributed by atoms with Gasteiger partial charge < -0.3 is 24.8 Å². The second-order valence-corrected chi connectivity index (χ2v) is 5.60. The smallest absolute Gasteiger partial charge is 0.246 e. The molecule has 0 aromatic heterocycles. The molecule has 102 valence electrons. The number of aliphatic hydroxyl groups excluding tert-OH is 1. The lowest BCUT2D eigenvalue weighted by molar-refractivity contribution is -0.118. The molecule has 0 aromatic rings. The van der Waals surface area contributed by atoms with Crippen molar-refractivity contribution in [1.82, 2.24) is 10.2 Å². The molecule has 2 aliphatic rings. The number of aliphatic hydroxyl groups is 1. The predicted molar refractivity (Wildman–Crippen MR) is 67.8 cm³/mol. The van der Waals surface area contributed by atoms with E-state index < -0.39 is 6.10 Å². The van der Waals surface area contributed by atoms with E-state index in [1.165, 1.54) is 6.08 Å². The maximum atomic E-state index is 11.1. The molecule has 18 heavy (non-hydrogen) atoms. The van der Waals surface area contributed by atoms with Gasteiger partial charge in [0.25, 0.3) is 0 Å². The first-order valence-electron chi connectivity index (χ1n) is 5.74. The van der Waals surface area contributed by atoms with E-state index in [0.717, 1.165) is 0 Å². The lowest BCUT2D eigenvalue weighted by atomic mass is 10.1. The molecule has 6 nitrogen and oxygen atoms in total. The van der Waals surface area contributed by atoms with Gasteiger partial charge in [-0.2, -0.15) is 0 Å². The van der Waals surface area contributed by atoms with E-state index in [1.807, 2.05) is 4.90 Å². The van der Waals surface area contributed by atoms with Crippen LogP contribution in [0.5, 0.6) is 0 Å². The van der Waals surface area contributed by atoms with Crippen molar-refractivity contribution < 1.29 is 19.4 Å². The summed E-state index contributed by atoms with van der Waals surface area (Å²) < 4.78 is 10.5. The highest BCUT2D eigenvalue weighted by Gasteiger charge is 2.45. The molecule has 1 amide bonds. The third kappa shape index (κ3) is 2.64. The molecular formula is C11H18N2O4S. The SMILES string of the molecule is COC[C@H]1S[C@@H](N2C=CC(=O)NC2)[C@@H](O)[C@H]1OC. The number of hydrogen-bond acceptors (Lipinski definition) is 6. The lowest BCUT2D eigenvalue weighted by Crippen LogP contribution is -2.47. The van der Waals surface area contributed by atoms with Crippen molar-refractivity contribution >= 4 is 17.7 Å². The molecule has 2 aliphatic heterocycles. The molecular weight excluding hydrogens is 256 g/mol. The fourth-order valence-corrected chi connectivity index (χ4v) is 3.82. The first kappa shape index (κ1) is 13.7. The molecule has 0 spiro atoms. The molecule has 1 saturated heterocycles. The van der Waals surface area contributed by atoms with Gasteiger partial charge in [0.15, 0.2) is 0 Å². The Bertz CT molecular complexity index is 339. The quantitative estimate of drug-likeness (QED) is 0.710. The van der Waals surface area contributed by atoms with Gasteiger partial charge in [-0.15, -0.1) is 11.8 Å². The average molecular weight is 274 g/mol. The van der Waals surface area contributed by atoms with E-state index in [0.29, 0.717) is 13.3 Å². The highest BCUT2D eigenvalue weighted by atomic mass is 32.2. The predicted octanol–water partition coefficient (Wildman–Crippen LogP) is -0.647. The number of nitrogens with zero attached hydrogens (tertiary/aromatic N) is 1. The molecule has 1 fully saturated rings. The summed E-state index contributed by atoms with van der Waals surface area (Å²) in [7, 11) is 3.22. The second-order valence-electron chi connectivity index (χ2n) is 4.24. The largest absolute Gasteiger partial charge is 0.387 e. The van der Waals surface area contributed by atoms with Crippen LogP contribution in [0.1, 0.15) is 0 Å². The topological polar surface area (TPSA) is 71.0 Å². The second kappa shape index (κ2) is 5.92. The van der Waals surface area contributed by atoms with Gasteiger partial charge >= 0.3 is 0 Å². The molecule has 0 unspecified atom stereocenters. The Balaban J connectivity index is 2.05. The van der Waals surface area contributed by atoms with Crippen molar-refractivity contribution in [2.45, 2.75) is 22.8 Å². The third-order valence-electron chi connectivity index (χ3n) is 3.09. The monoisotopic (exact) mass is 274 g/mol. The van der Waals surface area contributed by atoms with Gasteiger partial charge in [-0.25, -0.2) is 0 Å². The molecule has 0 saturated carbocycles. The average Bonchev–Trinajstić information content (AvgIpc) is 2.67. The first-order valence-corrected chi connectivity index (χ1v) is 6.68. The number of carbonyl (C=O) groups is 1. The Kier molecular flexibility index (Phi) is 4.50. The van der Waals surface area contributed by atoms with Crippen molar-refractivity contribution in [3.8, 4) is 0 Å². The minimum atomic E-state index is -0.611. The van der Waals surface area contributed by atoms with Gasteiger partial charge in [-0.1, -0.05) is 0 Å². The summed E-state index contributed by atoms with van der Waals surface area (Å²) >= 11 is 1.61. The van der Waals surface area contributed by atoms with Crippen molar-refractivity contribution in [3.05, 3.63) is 12.3 Å². The number of carbonyl (C=O) groups excluding carboxylic acids is 1. The van der Waals surface area contributed by atoms with E-state index in [9.17, 15) is 9.90 Å². The summed E-state index contributed by atoms with van der Waals surface area (Å²) in [4.78, 5) is 13.0. The van der Waals surface area contributed by atoms with Crippen LogP contribution in [-0.2, 0) is 14.3 Å². The summed E-state index contributed by atoms with van der Waals surface area (Å²) in [5.74, 6) is -0.111. The highest BCUT2D eigenvalue weighted by molar-refractivity contribution is 8.00. The minimum absolute atomic E-state index is 0.0889. The van der Waals surface area contributed by atoms with Gasteiger partial charge in [-0.3, -0.25) is 4.79 Å². The molecule has 0 aromatic carbocycles. The third-order valence-corrected chi connectivity index (χ3v) is 4.68. The minimum Gasteiger partial charge on any atom is -0.387 e. The number of amides is 1. The van der Waals surface area contributed by atoms with Crippen LogP contribution in [-0.4, -0.2) is 66.2 Å². The first-order chi connectivity index (χ1) is 8.67. The molecule has 0 aliphatic carbocycles. The van der Waals surface area contributed by atoms with E-state index in [1.54, 1.807) is 32.2 Å². The Labute approximate surface area is 110 Å². The van der Waals surface area contributed by atoms with Crippen molar-refractivity contribution in [3.63, 3.8) is 0 Å². The van der Waals surface area contributed by atoms with Crippen LogP contribution in [0.25, 0.3) is 0 Å². The summed E-state index contributed by atoms with van der Waals surface area (Å²) in [6.07, 6.45) is 2.30.